The van der Waals surface area contributed by atoms with Crippen LogP contribution in [0.1, 0.15) is 33.9 Å². The Morgan fingerprint density at radius 1 is 1.40 bits per heavy atom. The first-order valence-corrected chi connectivity index (χ1v) is 8.66. The highest BCUT2D eigenvalue weighted by Gasteiger charge is 2.23. The molecule has 0 bridgehead atoms. The molecule has 1 atom stereocenters. The van der Waals surface area contributed by atoms with E-state index in [0.29, 0.717) is 37.9 Å². The Morgan fingerprint density at radius 3 is 2.88 bits per heavy atom. The van der Waals surface area contributed by atoms with Gasteiger partial charge in [0.2, 0.25) is 5.95 Å². The number of nitroso groups, excluding NO2 is 1. The summed E-state index contributed by atoms with van der Waals surface area (Å²) in [5, 5.41) is 6.99. The van der Waals surface area contributed by atoms with E-state index in [2.05, 4.69) is 20.5 Å². The molecule has 3 rings (SSSR count). The normalized spacial score (nSPS) is 12.1. The second-order valence-electron chi connectivity index (χ2n) is 5.22. The maximum absolute atomic E-state index is 12.1. The molecule has 3 N–H and O–H groups in total. The van der Waals surface area contributed by atoms with Crippen molar-refractivity contribution >= 4 is 45.0 Å². The van der Waals surface area contributed by atoms with Gasteiger partial charge in [-0.25, -0.2) is 9.97 Å². The summed E-state index contributed by atoms with van der Waals surface area (Å²) in [5.41, 5.74) is 6.73. The Morgan fingerprint density at radius 2 is 2.20 bits per heavy atom. The van der Waals surface area contributed by atoms with Crippen molar-refractivity contribution in [1.82, 2.24) is 15.3 Å². The van der Waals surface area contributed by atoms with Crippen molar-refractivity contribution in [2.45, 2.75) is 13.0 Å². The number of rotatable bonds is 5. The molecule has 0 saturated heterocycles. The Labute approximate surface area is 152 Å². The molecule has 2 heterocycles. The minimum absolute atomic E-state index is 0.0162. The Balaban J connectivity index is 2.16. The molecule has 0 saturated carbocycles. The van der Waals surface area contributed by atoms with Crippen LogP contribution in [0.5, 0.6) is 0 Å². The third kappa shape index (κ3) is 3.45. The van der Waals surface area contributed by atoms with Gasteiger partial charge >= 0.3 is 0 Å². The van der Waals surface area contributed by atoms with Crippen LogP contribution in [0.2, 0.25) is 5.02 Å². The molecule has 0 fully saturated rings. The Hall–Kier alpha value is -2.58. The highest BCUT2D eigenvalue weighted by molar-refractivity contribution is 7.20. The maximum Gasteiger partial charge on any atom is 0.261 e. The zero-order valence-corrected chi connectivity index (χ0v) is 14.8. The third-order valence-electron chi connectivity index (χ3n) is 3.53. The van der Waals surface area contributed by atoms with Gasteiger partial charge < -0.3 is 11.1 Å². The van der Waals surface area contributed by atoms with Gasteiger partial charge in [0.15, 0.2) is 6.04 Å². The van der Waals surface area contributed by atoms with Gasteiger partial charge in [-0.3, -0.25) is 4.79 Å². The quantitative estimate of drug-likeness (QED) is 0.662. The number of hydrogen-bond acceptors (Lipinski definition) is 7. The van der Waals surface area contributed by atoms with Crippen molar-refractivity contribution in [2.75, 3.05) is 12.3 Å². The van der Waals surface area contributed by atoms with Crippen LogP contribution in [-0.4, -0.2) is 22.4 Å². The number of hydrogen-bond donors (Lipinski definition) is 2. The molecule has 0 radical (unpaired) electrons. The molecule has 0 aliphatic carbocycles. The van der Waals surface area contributed by atoms with E-state index in [9.17, 15) is 9.70 Å². The number of carbonyl (C=O) groups is 1. The molecule has 7 nitrogen and oxygen atoms in total. The molecular formula is C16H14ClN5O2S. The van der Waals surface area contributed by atoms with Gasteiger partial charge in [-0.1, -0.05) is 28.9 Å². The zero-order valence-electron chi connectivity index (χ0n) is 13.2. The largest absolute Gasteiger partial charge is 0.368 e. The summed E-state index contributed by atoms with van der Waals surface area (Å²) < 4.78 is 0. The van der Waals surface area contributed by atoms with Crippen molar-refractivity contribution < 1.29 is 4.79 Å². The van der Waals surface area contributed by atoms with Gasteiger partial charge in [0, 0.05) is 17.0 Å². The highest BCUT2D eigenvalue weighted by Crippen LogP contribution is 2.35. The van der Waals surface area contributed by atoms with Crippen molar-refractivity contribution in [2.24, 2.45) is 5.18 Å². The molecule has 1 amide bonds. The molecule has 0 spiro atoms. The maximum atomic E-state index is 12.1. The van der Waals surface area contributed by atoms with Crippen molar-refractivity contribution in [3.05, 3.63) is 56.4 Å². The summed E-state index contributed by atoms with van der Waals surface area (Å²) in [5.74, 6) is -0.198. The molecule has 9 heteroatoms. The van der Waals surface area contributed by atoms with Gasteiger partial charge in [0.05, 0.1) is 10.6 Å². The van der Waals surface area contributed by atoms with E-state index in [1.54, 1.807) is 30.3 Å². The lowest BCUT2D eigenvalue weighted by molar-refractivity contribution is 0.0960. The number of thiophene rings is 1. The van der Waals surface area contributed by atoms with Crippen LogP contribution in [0, 0.1) is 4.91 Å². The first-order chi connectivity index (χ1) is 12.0. The summed E-state index contributed by atoms with van der Waals surface area (Å²) in [6, 6.07) is 7.57. The molecule has 25 heavy (non-hydrogen) atoms. The van der Waals surface area contributed by atoms with Crippen LogP contribution in [0.4, 0.5) is 5.95 Å². The monoisotopic (exact) mass is 375 g/mol. The molecule has 0 aliphatic heterocycles. The van der Waals surface area contributed by atoms with Crippen LogP contribution in [0.25, 0.3) is 10.2 Å². The van der Waals surface area contributed by atoms with Crippen LogP contribution >= 0.6 is 22.9 Å². The first kappa shape index (κ1) is 17.2. The SMILES string of the molecule is CCNC(=O)c1cc2c(C(N=O)c3cccc(Cl)c3)nc(N)nc2s1. The van der Waals surface area contributed by atoms with E-state index in [1.807, 2.05) is 6.92 Å². The number of fused-ring (bicyclic) bond motifs is 1. The number of aromatic nitrogens is 2. The zero-order chi connectivity index (χ0) is 18.0. The summed E-state index contributed by atoms with van der Waals surface area (Å²) in [6.45, 7) is 2.34. The average Bonchev–Trinajstić information content (AvgIpc) is 3.00. The van der Waals surface area contributed by atoms with E-state index >= 15 is 0 Å². The van der Waals surface area contributed by atoms with Crippen molar-refractivity contribution in [1.29, 1.82) is 0 Å². The van der Waals surface area contributed by atoms with Crippen LogP contribution in [0.15, 0.2) is 35.5 Å². The summed E-state index contributed by atoms with van der Waals surface area (Å²) in [4.78, 5) is 33.0. The predicted molar refractivity (Wildman–Crippen MR) is 98.9 cm³/mol. The van der Waals surface area contributed by atoms with E-state index < -0.39 is 6.04 Å². The minimum Gasteiger partial charge on any atom is -0.368 e. The fourth-order valence-corrected chi connectivity index (χ4v) is 3.64. The highest BCUT2D eigenvalue weighted by atomic mass is 35.5. The predicted octanol–water partition coefficient (Wildman–Crippen LogP) is 3.53. The van der Waals surface area contributed by atoms with E-state index in [1.165, 1.54) is 11.3 Å². The third-order valence-corrected chi connectivity index (χ3v) is 4.79. The van der Waals surface area contributed by atoms with Crippen LogP contribution < -0.4 is 11.1 Å². The van der Waals surface area contributed by atoms with Crippen LogP contribution in [0.3, 0.4) is 0 Å². The van der Waals surface area contributed by atoms with Gasteiger partial charge in [-0.05, 0) is 30.7 Å². The van der Waals surface area contributed by atoms with Gasteiger partial charge in [-0.15, -0.1) is 16.2 Å². The second kappa shape index (κ2) is 7.12. The smallest absolute Gasteiger partial charge is 0.261 e. The molecule has 1 unspecified atom stereocenters. The van der Waals surface area contributed by atoms with Gasteiger partial charge in [0.1, 0.15) is 4.83 Å². The van der Waals surface area contributed by atoms with E-state index in [0.717, 1.165) is 0 Å². The van der Waals surface area contributed by atoms with Crippen molar-refractivity contribution in [3.63, 3.8) is 0 Å². The van der Waals surface area contributed by atoms with E-state index in [4.69, 9.17) is 17.3 Å². The lowest BCUT2D eigenvalue weighted by Crippen LogP contribution is -2.21. The Bertz CT molecular complexity index is 959. The molecule has 128 valence electrons. The number of nitrogens with two attached hydrogens (primary N) is 1. The number of amides is 1. The topological polar surface area (TPSA) is 110 Å². The molecule has 1 aromatic carbocycles. The molecular weight excluding hydrogens is 362 g/mol. The van der Waals surface area contributed by atoms with Crippen molar-refractivity contribution in [3.8, 4) is 0 Å². The number of halogens is 1. The Kier molecular flexibility index (Phi) is 4.91. The minimum atomic E-state index is -0.900. The number of benzene rings is 1. The number of carbonyl (C=O) groups excluding carboxylic acids is 1. The fourth-order valence-electron chi connectivity index (χ4n) is 2.47. The number of anilines is 1. The standard InChI is InChI=1S/C16H14ClN5O2S/c1-2-19-14(23)11-7-10-13(20-16(18)21-15(10)25-11)12(22-24)8-4-3-5-9(17)6-8/h3-7,12H,2H2,1H3,(H,19,23)(H2,18,20,21). The summed E-state index contributed by atoms with van der Waals surface area (Å²) in [6.07, 6.45) is 0. The summed E-state index contributed by atoms with van der Waals surface area (Å²) in [7, 11) is 0. The van der Waals surface area contributed by atoms with Crippen LogP contribution in [-0.2, 0) is 0 Å². The number of nitrogens with zero attached hydrogens (tertiary/aromatic N) is 3. The van der Waals surface area contributed by atoms with E-state index in [-0.39, 0.29) is 11.9 Å². The molecule has 2 aromatic heterocycles. The van der Waals surface area contributed by atoms with Gasteiger partial charge in [-0.2, -0.15) is 0 Å². The average molecular weight is 376 g/mol. The first-order valence-electron chi connectivity index (χ1n) is 7.46. The van der Waals surface area contributed by atoms with Gasteiger partial charge in [0.25, 0.3) is 5.91 Å². The molecule has 0 aliphatic rings. The number of nitrogen functional groups attached to an aromatic ring is 1. The lowest BCUT2D eigenvalue weighted by Gasteiger charge is -2.11. The number of nitrogens with one attached hydrogen (secondary N) is 1. The molecule has 3 aromatic rings. The fraction of sp³-hybridized carbons (Fsp3) is 0.188. The summed E-state index contributed by atoms with van der Waals surface area (Å²) >= 11 is 7.20. The lowest BCUT2D eigenvalue weighted by atomic mass is 10.0. The second-order valence-corrected chi connectivity index (χ2v) is 6.69.